The number of aryl methyl sites for hydroxylation is 2. The van der Waals surface area contributed by atoms with Gasteiger partial charge in [0.15, 0.2) is 21.5 Å². The van der Waals surface area contributed by atoms with Crippen LogP contribution < -0.4 is 0 Å². The minimum Gasteiger partial charge on any atom is -0.421 e. The van der Waals surface area contributed by atoms with Gasteiger partial charge in [0.1, 0.15) is 0 Å². The van der Waals surface area contributed by atoms with Gasteiger partial charge in [-0.1, -0.05) is 19.9 Å². The van der Waals surface area contributed by atoms with Crippen molar-refractivity contribution in [3.8, 4) is 11.5 Å². The molecule has 2 fully saturated rings. The Morgan fingerprint density at radius 3 is 2.44 bits per heavy atom. The highest BCUT2D eigenvalue weighted by molar-refractivity contribution is 7.91. The number of hydrogen-bond donors (Lipinski definition) is 0. The first-order valence-corrected chi connectivity index (χ1v) is 17.6. The van der Waals surface area contributed by atoms with Gasteiger partial charge >= 0.3 is 0 Å². The van der Waals surface area contributed by atoms with Crippen LogP contribution in [0, 0.1) is 30.4 Å². The molecule has 0 radical (unpaired) electrons. The molecular formula is C33H40F2N4O5S. The molecule has 3 aromatic rings. The molecule has 0 N–H and O–H groups in total. The number of carbonyl (C=O) groups is 1. The normalized spacial score (nSPS) is 20.6. The predicted molar refractivity (Wildman–Crippen MR) is 162 cm³/mol. The number of piperidine rings is 1. The topological polar surface area (TPSA) is 115 Å². The van der Waals surface area contributed by atoms with E-state index < -0.39 is 21.5 Å². The van der Waals surface area contributed by atoms with Crippen molar-refractivity contribution >= 4 is 15.7 Å². The van der Waals surface area contributed by atoms with E-state index in [9.17, 15) is 22.0 Å². The Labute approximate surface area is 262 Å². The Kier molecular flexibility index (Phi) is 9.07. The number of rotatable bonds is 8. The maximum absolute atomic E-state index is 13.9. The summed E-state index contributed by atoms with van der Waals surface area (Å²) in [5.41, 5.74) is 3.15. The maximum atomic E-state index is 13.9. The molecule has 0 aliphatic carbocycles. The van der Waals surface area contributed by atoms with Crippen molar-refractivity contribution in [2.75, 3.05) is 32.1 Å². The lowest BCUT2D eigenvalue weighted by molar-refractivity contribution is -0.131. The summed E-state index contributed by atoms with van der Waals surface area (Å²) in [6.45, 7) is 8.06. The molecule has 12 heteroatoms. The zero-order valence-electron chi connectivity index (χ0n) is 26.0. The molecule has 0 spiro atoms. The van der Waals surface area contributed by atoms with Gasteiger partial charge < -0.3 is 14.1 Å². The Hall–Kier alpha value is -3.25. The first-order valence-electron chi connectivity index (χ1n) is 15.9. The molecule has 0 unspecified atom stereocenters. The second-order valence-electron chi connectivity index (χ2n) is 13.0. The Morgan fingerprint density at radius 2 is 1.80 bits per heavy atom. The molecule has 0 saturated carbocycles. The van der Waals surface area contributed by atoms with Crippen LogP contribution in [-0.4, -0.2) is 66.5 Å². The highest BCUT2D eigenvalue weighted by Crippen LogP contribution is 2.48. The fourth-order valence-electron chi connectivity index (χ4n) is 7.08. The van der Waals surface area contributed by atoms with Gasteiger partial charge in [0.25, 0.3) is 0 Å². The van der Waals surface area contributed by atoms with Crippen molar-refractivity contribution in [2.24, 2.45) is 11.8 Å². The summed E-state index contributed by atoms with van der Waals surface area (Å²) in [6.07, 6.45) is 4.52. The van der Waals surface area contributed by atoms with Crippen molar-refractivity contribution in [3.63, 3.8) is 0 Å². The van der Waals surface area contributed by atoms with Crippen molar-refractivity contribution < 1.29 is 31.1 Å². The minimum atomic E-state index is -3.65. The van der Waals surface area contributed by atoms with E-state index in [-0.39, 0.29) is 41.7 Å². The quantitative estimate of drug-likeness (QED) is 0.314. The number of sulfone groups is 1. The lowest BCUT2D eigenvalue weighted by Gasteiger charge is -2.34. The third-order valence-corrected chi connectivity index (χ3v) is 11.5. The van der Waals surface area contributed by atoms with E-state index in [2.05, 4.69) is 10.2 Å². The number of amides is 1. The van der Waals surface area contributed by atoms with Gasteiger partial charge in [-0.05, 0) is 79.5 Å². The fraction of sp³-hybridized carbons (Fsp3) is 0.576. The van der Waals surface area contributed by atoms with Crippen molar-refractivity contribution in [2.45, 2.75) is 82.4 Å². The highest BCUT2D eigenvalue weighted by atomic mass is 32.2. The molecule has 0 bridgehead atoms. The Morgan fingerprint density at radius 1 is 1.07 bits per heavy atom. The molecule has 242 valence electrons. The van der Waals surface area contributed by atoms with Crippen LogP contribution in [0.3, 0.4) is 0 Å². The molecule has 2 aromatic heterocycles. The van der Waals surface area contributed by atoms with Crippen LogP contribution in [0.2, 0.25) is 0 Å². The number of nitrogens with zero attached hydrogens (tertiary/aromatic N) is 4. The van der Waals surface area contributed by atoms with Gasteiger partial charge in [-0.25, -0.2) is 17.2 Å². The lowest BCUT2D eigenvalue weighted by atomic mass is 9.82. The molecule has 9 nitrogen and oxygen atoms in total. The van der Waals surface area contributed by atoms with E-state index in [4.69, 9.17) is 14.1 Å². The van der Waals surface area contributed by atoms with E-state index in [0.29, 0.717) is 71.4 Å². The summed E-state index contributed by atoms with van der Waals surface area (Å²) in [4.78, 5) is 20.3. The monoisotopic (exact) mass is 642 g/mol. The molecular weight excluding hydrogens is 602 g/mol. The predicted octanol–water partition coefficient (Wildman–Crippen LogP) is 5.55. The number of halogens is 2. The van der Waals surface area contributed by atoms with Gasteiger partial charge in [0, 0.05) is 39.1 Å². The standard InChI is InChI=1S/C33H40F2N4O5S/c1-19(2)24-18-45(41,42)32-29(23-8-12-39(13-9-23)28(40)17-22-4-6-25(34)26(35)16-22)30(33-38-37-20(3)44-33)27(36-31(24)32)7-5-21-10-14-43-15-11-21/h4,6,16,19,21,23-24H,5,7-15,17-18H2,1-3H3/t24-/m0/s1. The second-order valence-corrected chi connectivity index (χ2v) is 15.0. The SMILES string of the molecule is Cc1nnc(-c2c(CCC3CCOCC3)nc3c(c2C2CCN(C(=O)Cc4ccc(F)c(F)c4)CC2)S(=O)(=O)C[C@H]3C(C)C)o1. The van der Waals surface area contributed by atoms with Crippen LogP contribution in [0.1, 0.15) is 86.2 Å². The van der Waals surface area contributed by atoms with E-state index in [0.717, 1.165) is 50.3 Å². The van der Waals surface area contributed by atoms with Crippen molar-refractivity contribution in [1.29, 1.82) is 0 Å². The largest absolute Gasteiger partial charge is 0.421 e. The third kappa shape index (κ3) is 6.54. The molecule has 3 aliphatic rings. The van der Waals surface area contributed by atoms with Gasteiger partial charge in [-0.3, -0.25) is 9.78 Å². The van der Waals surface area contributed by atoms with E-state index >= 15 is 0 Å². The average molecular weight is 643 g/mol. The number of hydrogen-bond acceptors (Lipinski definition) is 8. The molecule has 1 atom stereocenters. The van der Waals surface area contributed by atoms with Crippen LogP contribution in [0.4, 0.5) is 8.78 Å². The van der Waals surface area contributed by atoms with Crippen LogP contribution >= 0.6 is 0 Å². The smallest absolute Gasteiger partial charge is 0.249 e. The first kappa shape index (κ1) is 31.7. The first-order chi connectivity index (χ1) is 21.5. The summed E-state index contributed by atoms with van der Waals surface area (Å²) >= 11 is 0. The summed E-state index contributed by atoms with van der Waals surface area (Å²) in [5.74, 6) is -1.28. The number of pyridine rings is 1. The molecule has 5 heterocycles. The summed E-state index contributed by atoms with van der Waals surface area (Å²) < 4.78 is 66.5. The average Bonchev–Trinajstić information content (AvgIpc) is 3.57. The van der Waals surface area contributed by atoms with Gasteiger partial charge in [0.05, 0.1) is 34.0 Å². The van der Waals surface area contributed by atoms with E-state index in [1.54, 1.807) is 11.8 Å². The second kappa shape index (κ2) is 12.9. The molecule has 1 aromatic carbocycles. The lowest BCUT2D eigenvalue weighted by Crippen LogP contribution is -2.39. The van der Waals surface area contributed by atoms with Crippen LogP contribution in [0.25, 0.3) is 11.5 Å². The number of fused-ring (bicyclic) bond motifs is 1. The zero-order valence-corrected chi connectivity index (χ0v) is 26.8. The van der Waals surface area contributed by atoms with E-state index in [1.807, 2.05) is 13.8 Å². The van der Waals surface area contributed by atoms with Gasteiger partial charge in [-0.2, -0.15) is 0 Å². The summed E-state index contributed by atoms with van der Waals surface area (Å²) in [5, 5.41) is 8.45. The molecule has 45 heavy (non-hydrogen) atoms. The van der Waals surface area contributed by atoms with Gasteiger partial charge in [-0.15, -0.1) is 10.2 Å². The van der Waals surface area contributed by atoms with Gasteiger partial charge in [0.2, 0.25) is 17.7 Å². The number of carbonyl (C=O) groups excluding carboxylic acids is 1. The maximum Gasteiger partial charge on any atom is 0.249 e. The van der Waals surface area contributed by atoms with Crippen molar-refractivity contribution in [1.82, 2.24) is 20.1 Å². The molecule has 2 saturated heterocycles. The van der Waals surface area contributed by atoms with Crippen LogP contribution in [-0.2, 0) is 32.2 Å². The minimum absolute atomic E-state index is 0.0112. The number of likely N-dealkylation sites (tertiary alicyclic amines) is 1. The Balaban J connectivity index is 1.37. The molecule has 6 rings (SSSR count). The number of aromatic nitrogens is 3. The van der Waals surface area contributed by atoms with Crippen LogP contribution in [0.5, 0.6) is 0 Å². The fourth-order valence-corrected chi connectivity index (χ4v) is 9.38. The number of benzene rings is 1. The highest BCUT2D eigenvalue weighted by Gasteiger charge is 2.44. The molecule has 3 aliphatic heterocycles. The van der Waals surface area contributed by atoms with Crippen molar-refractivity contribution in [3.05, 3.63) is 58.2 Å². The Bertz CT molecular complexity index is 1680. The van der Waals surface area contributed by atoms with E-state index in [1.165, 1.54) is 6.07 Å². The van der Waals surface area contributed by atoms with Crippen LogP contribution in [0.15, 0.2) is 27.5 Å². The zero-order chi connectivity index (χ0) is 31.9. The third-order valence-electron chi connectivity index (χ3n) is 9.62. The molecule has 1 amide bonds. The summed E-state index contributed by atoms with van der Waals surface area (Å²) in [6, 6.07) is 3.50. The summed E-state index contributed by atoms with van der Waals surface area (Å²) in [7, 11) is -3.65. The number of ether oxygens (including phenoxy) is 1.